The third kappa shape index (κ3) is 5.40. The van der Waals surface area contributed by atoms with Gasteiger partial charge in [-0.15, -0.1) is 0 Å². The molecule has 0 radical (unpaired) electrons. The highest BCUT2D eigenvalue weighted by Gasteiger charge is 2.16. The van der Waals surface area contributed by atoms with Crippen LogP contribution < -0.4 is 4.74 Å². The second kappa shape index (κ2) is 9.61. The van der Waals surface area contributed by atoms with Crippen LogP contribution in [0.5, 0.6) is 5.75 Å². The number of nitrogens with zero attached hydrogens (tertiary/aromatic N) is 4. The molecule has 0 atom stereocenters. The van der Waals surface area contributed by atoms with Crippen LogP contribution in [0.3, 0.4) is 0 Å². The molecule has 2 aromatic carbocycles. The van der Waals surface area contributed by atoms with Crippen molar-refractivity contribution < 1.29 is 14.5 Å². The van der Waals surface area contributed by atoms with Crippen molar-refractivity contribution in [1.29, 1.82) is 0 Å². The smallest absolute Gasteiger partial charge is 0.272 e. The number of rotatable bonds is 8. The van der Waals surface area contributed by atoms with Gasteiger partial charge in [-0.3, -0.25) is 19.6 Å². The number of carbonyl (C=O) groups is 1. The summed E-state index contributed by atoms with van der Waals surface area (Å²) in [6, 6.07) is 11.8. The highest BCUT2D eigenvalue weighted by molar-refractivity contribution is 6.31. The molecule has 0 aliphatic heterocycles. The standard InChI is InChI=1S/C22H23ClN4O4/c1-4-26-12-19(23)20(24-26)13-25(3)22(28)17-7-5-6-16(11-17)14-31-18-8-9-21(27(29)30)15(2)10-18/h5-12H,4,13-14H2,1-3H3. The van der Waals surface area contributed by atoms with E-state index >= 15 is 0 Å². The van der Waals surface area contributed by atoms with Crippen molar-refractivity contribution in [3.8, 4) is 5.75 Å². The molecule has 3 aromatic rings. The van der Waals surface area contributed by atoms with Gasteiger partial charge in [0.1, 0.15) is 18.1 Å². The quantitative estimate of drug-likeness (QED) is 0.375. The van der Waals surface area contributed by atoms with E-state index in [0.29, 0.717) is 40.7 Å². The summed E-state index contributed by atoms with van der Waals surface area (Å²) in [5.74, 6) is 0.369. The van der Waals surface area contributed by atoms with Crippen molar-refractivity contribution in [2.24, 2.45) is 0 Å². The van der Waals surface area contributed by atoms with E-state index in [1.165, 1.54) is 6.07 Å². The van der Waals surface area contributed by atoms with Crippen LogP contribution in [0.2, 0.25) is 5.02 Å². The Morgan fingerprint density at radius 3 is 2.71 bits per heavy atom. The minimum absolute atomic E-state index is 0.0480. The van der Waals surface area contributed by atoms with E-state index in [0.717, 1.165) is 5.56 Å². The molecule has 0 N–H and O–H groups in total. The number of aromatic nitrogens is 2. The number of nitro groups is 1. The van der Waals surface area contributed by atoms with Crippen LogP contribution >= 0.6 is 11.6 Å². The summed E-state index contributed by atoms with van der Waals surface area (Å²) in [4.78, 5) is 24.9. The lowest BCUT2D eigenvalue weighted by Gasteiger charge is -2.17. The highest BCUT2D eigenvalue weighted by Crippen LogP contribution is 2.24. The molecule has 1 aromatic heterocycles. The minimum Gasteiger partial charge on any atom is -0.489 e. The molecule has 0 unspecified atom stereocenters. The number of amides is 1. The average molecular weight is 443 g/mol. The average Bonchev–Trinajstić information content (AvgIpc) is 3.11. The summed E-state index contributed by atoms with van der Waals surface area (Å²) in [7, 11) is 1.70. The van der Waals surface area contributed by atoms with Gasteiger partial charge in [0, 0.05) is 37.0 Å². The van der Waals surface area contributed by atoms with Crippen LogP contribution in [0.1, 0.15) is 34.1 Å². The Morgan fingerprint density at radius 2 is 2.06 bits per heavy atom. The molecule has 162 valence electrons. The Labute approximate surface area is 185 Å². The van der Waals surface area contributed by atoms with Gasteiger partial charge in [-0.2, -0.15) is 5.10 Å². The Hall–Kier alpha value is -3.39. The van der Waals surface area contributed by atoms with Crippen LogP contribution in [-0.4, -0.2) is 32.6 Å². The van der Waals surface area contributed by atoms with Crippen molar-refractivity contribution >= 4 is 23.2 Å². The number of hydrogen-bond donors (Lipinski definition) is 0. The summed E-state index contributed by atoms with van der Waals surface area (Å²) in [6.45, 7) is 4.86. The van der Waals surface area contributed by atoms with Crippen LogP contribution in [0.4, 0.5) is 5.69 Å². The molecule has 3 rings (SSSR count). The van der Waals surface area contributed by atoms with Crippen LogP contribution in [0.15, 0.2) is 48.7 Å². The topological polar surface area (TPSA) is 90.5 Å². The van der Waals surface area contributed by atoms with Crippen molar-refractivity contribution in [2.45, 2.75) is 33.5 Å². The fourth-order valence-corrected chi connectivity index (χ4v) is 3.32. The fraction of sp³-hybridized carbons (Fsp3) is 0.273. The van der Waals surface area contributed by atoms with Crippen molar-refractivity contribution in [1.82, 2.24) is 14.7 Å². The van der Waals surface area contributed by atoms with Gasteiger partial charge in [0.2, 0.25) is 0 Å². The summed E-state index contributed by atoms with van der Waals surface area (Å²) in [5.41, 5.74) is 2.55. The normalized spacial score (nSPS) is 10.7. The Kier molecular flexibility index (Phi) is 6.91. The SMILES string of the molecule is CCn1cc(Cl)c(CN(C)C(=O)c2cccc(COc3ccc([N+](=O)[O-])c(C)c3)c2)n1. The molecule has 0 saturated carbocycles. The maximum atomic E-state index is 12.9. The lowest BCUT2D eigenvalue weighted by molar-refractivity contribution is -0.385. The van der Waals surface area contributed by atoms with E-state index in [2.05, 4.69) is 5.10 Å². The number of halogens is 1. The van der Waals surface area contributed by atoms with Crippen molar-refractivity contribution in [3.05, 3.63) is 86.2 Å². The minimum atomic E-state index is -0.426. The molecule has 31 heavy (non-hydrogen) atoms. The molecule has 0 fully saturated rings. The largest absolute Gasteiger partial charge is 0.489 e. The molecule has 0 spiro atoms. The first-order valence-corrected chi connectivity index (χ1v) is 10.1. The number of hydrogen-bond acceptors (Lipinski definition) is 5. The molecular formula is C22H23ClN4O4. The van der Waals surface area contributed by atoms with Crippen LogP contribution in [0.25, 0.3) is 0 Å². The Bertz CT molecular complexity index is 1110. The highest BCUT2D eigenvalue weighted by atomic mass is 35.5. The molecule has 9 heteroatoms. The Balaban J connectivity index is 1.66. The molecule has 8 nitrogen and oxygen atoms in total. The third-order valence-electron chi connectivity index (χ3n) is 4.79. The summed E-state index contributed by atoms with van der Waals surface area (Å²) < 4.78 is 7.48. The van der Waals surface area contributed by atoms with Crippen molar-refractivity contribution in [2.75, 3.05) is 7.05 Å². The van der Waals surface area contributed by atoms with Gasteiger partial charge in [-0.05, 0) is 43.7 Å². The molecule has 0 aliphatic carbocycles. The molecule has 1 amide bonds. The molecular weight excluding hydrogens is 420 g/mol. The van der Waals surface area contributed by atoms with E-state index in [-0.39, 0.29) is 18.2 Å². The van der Waals surface area contributed by atoms with E-state index in [1.54, 1.807) is 60.1 Å². The number of aryl methyl sites for hydroxylation is 2. The van der Waals surface area contributed by atoms with E-state index in [9.17, 15) is 14.9 Å². The van der Waals surface area contributed by atoms with Crippen LogP contribution in [0, 0.1) is 17.0 Å². The third-order valence-corrected chi connectivity index (χ3v) is 5.10. The lowest BCUT2D eigenvalue weighted by atomic mass is 10.1. The number of carbonyl (C=O) groups excluding carboxylic acids is 1. The first kappa shape index (κ1) is 22.3. The lowest BCUT2D eigenvalue weighted by Crippen LogP contribution is -2.26. The summed E-state index contributed by atoms with van der Waals surface area (Å²) in [5, 5.41) is 15.8. The van der Waals surface area contributed by atoms with Crippen LogP contribution in [-0.2, 0) is 19.7 Å². The predicted molar refractivity (Wildman–Crippen MR) is 117 cm³/mol. The number of ether oxygens (including phenoxy) is 1. The fourth-order valence-electron chi connectivity index (χ4n) is 3.11. The monoisotopic (exact) mass is 442 g/mol. The van der Waals surface area contributed by atoms with Gasteiger partial charge in [0.25, 0.3) is 11.6 Å². The second-order valence-electron chi connectivity index (χ2n) is 7.14. The molecule has 0 bridgehead atoms. The van der Waals surface area contributed by atoms with Gasteiger partial charge < -0.3 is 9.64 Å². The zero-order chi connectivity index (χ0) is 22.5. The molecule has 0 aliphatic rings. The van der Waals surface area contributed by atoms with Gasteiger partial charge in [0.05, 0.1) is 16.5 Å². The van der Waals surface area contributed by atoms with E-state index in [4.69, 9.17) is 16.3 Å². The van der Waals surface area contributed by atoms with E-state index < -0.39 is 4.92 Å². The zero-order valence-corrected chi connectivity index (χ0v) is 18.3. The first-order chi connectivity index (χ1) is 14.8. The Morgan fingerprint density at radius 1 is 1.29 bits per heavy atom. The van der Waals surface area contributed by atoms with Gasteiger partial charge >= 0.3 is 0 Å². The molecule has 1 heterocycles. The summed E-state index contributed by atoms with van der Waals surface area (Å²) >= 11 is 6.21. The first-order valence-electron chi connectivity index (χ1n) is 9.72. The number of benzene rings is 2. The van der Waals surface area contributed by atoms with E-state index in [1.807, 2.05) is 13.0 Å². The van der Waals surface area contributed by atoms with Gasteiger partial charge in [-0.1, -0.05) is 23.7 Å². The van der Waals surface area contributed by atoms with Gasteiger partial charge in [-0.25, -0.2) is 0 Å². The van der Waals surface area contributed by atoms with Gasteiger partial charge in [0.15, 0.2) is 0 Å². The maximum Gasteiger partial charge on any atom is 0.272 e. The second-order valence-corrected chi connectivity index (χ2v) is 7.54. The predicted octanol–water partition coefficient (Wildman–Crippen LogP) is 4.62. The zero-order valence-electron chi connectivity index (χ0n) is 17.5. The summed E-state index contributed by atoms with van der Waals surface area (Å²) in [6.07, 6.45) is 1.74. The molecule has 0 saturated heterocycles. The maximum absolute atomic E-state index is 12.9. The number of nitro benzene ring substituents is 1. The van der Waals surface area contributed by atoms with Crippen molar-refractivity contribution in [3.63, 3.8) is 0 Å².